The van der Waals surface area contributed by atoms with Gasteiger partial charge in [-0.1, -0.05) is 53.5 Å². The maximum Gasteiger partial charge on any atom is 0.340 e. The topological polar surface area (TPSA) is 61.6 Å². The standard InChI is InChI=1S/C15H13Cl2NO3/c16-12-6-11(7-13(18)14(12)17)15(19)21-9-20-8-10-4-2-1-3-5-10/h1-7H,8-9,18H2. The Bertz CT molecular complexity index is 609. The minimum absolute atomic E-state index is 0.159. The molecule has 0 saturated heterocycles. The van der Waals surface area contributed by atoms with Crippen molar-refractivity contribution in [2.45, 2.75) is 6.61 Å². The molecule has 6 heteroatoms. The largest absolute Gasteiger partial charge is 0.435 e. The Hall–Kier alpha value is -1.75. The first-order chi connectivity index (χ1) is 10.1. The molecule has 0 fully saturated rings. The van der Waals surface area contributed by atoms with Crippen molar-refractivity contribution in [2.75, 3.05) is 12.5 Å². The third-order valence-corrected chi connectivity index (χ3v) is 3.49. The predicted octanol–water partition coefficient (Wildman–Crippen LogP) is 3.91. The highest BCUT2D eigenvalue weighted by Crippen LogP contribution is 2.29. The van der Waals surface area contributed by atoms with Crippen molar-refractivity contribution >= 4 is 34.9 Å². The Morgan fingerprint density at radius 3 is 2.52 bits per heavy atom. The number of anilines is 1. The summed E-state index contributed by atoms with van der Waals surface area (Å²) in [6, 6.07) is 12.4. The van der Waals surface area contributed by atoms with Gasteiger partial charge in [-0.3, -0.25) is 0 Å². The lowest BCUT2D eigenvalue weighted by atomic mass is 10.2. The molecule has 0 bridgehead atoms. The van der Waals surface area contributed by atoms with E-state index in [0.29, 0.717) is 6.61 Å². The molecule has 0 radical (unpaired) electrons. The Morgan fingerprint density at radius 2 is 1.86 bits per heavy atom. The fourth-order valence-corrected chi connectivity index (χ4v) is 1.98. The van der Waals surface area contributed by atoms with Crippen molar-refractivity contribution in [2.24, 2.45) is 0 Å². The lowest BCUT2D eigenvalue weighted by Crippen LogP contribution is -2.09. The van der Waals surface area contributed by atoms with Gasteiger partial charge in [-0.15, -0.1) is 0 Å². The molecule has 0 saturated carbocycles. The molecule has 0 amide bonds. The van der Waals surface area contributed by atoms with Gasteiger partial charge in [0.15, 0.2) is 6.79 Å². The van der Waals surface area contributed by atoms with Crippen LogP contribution in [0.4, 0.5) is 5.69 Å². The van der Waals surface area contributed by atoms with Gasteiger partial charge in [0.1, 0.15) is 0 Å². The van der Waals surface area contributed by atoms with Crippen molar-refractivity contribution in [3.63, 3.8) is 0 Å². The van der Waals surface area contributed by atoms with Gasteiger partial charge in [0.2, 0.25) is 0 Å². The summed E-state index contributed by atoms with van der Waals surface area (Å²) >= 11 is 11.7. The highest BCUT2D eigenvalue weighted by molar-refractivity contribution is 6.43. The molecule has 4 nitrogen and oxygen atoms in total. The van der Waals surface area contributed by atoms with Crippen molar-refractivity contribution < 1.29 is 14.3 Å². The summed E-state index contributed by atoms with van der Waals surface area (Å²) in [6.45, 7) is 0.200. The van der Waals surface area contributed by atoms with Gasteiger partial charge in [-0.2, -0.15) is 0 Å². The zero-order chi connectivity index (χ0) is 15.2. The van der Waals surface area contributed by atoms with E-state index in [9.17, 15) is 4.79 Å². The minimum atomic E-state index is -0.576. The fraction of sp³-hybridized carbons (Fsp3) is 0.133. The average molecular weight is 326 g/mol. The molecule has 0 aromatic heterocycles. The van der Waals surface area contributed by atoms with Gasteiger partial charge in [-0.25, -0.2) is 4.79 Å². The van der Waals surface area contributed by atoms with Gasteiger partial charge >= 0.3 is 5.97 Å². The summed E-state index contributed by atoms with van der Waals surface area (Å²) in [6.07, 6.45) is 0. The smallest absolute Gasteiger partial charge is 0.340 e. The van der Waals surface area contributed by atoms with Crippen LogP contribution in [0.3, 0.4) is 0 Å². The second kappa shape index (κ2) is 7.31. The number of carbonyl (C=O) groups is 1. The summed E-state index contributed by atoms with van der Waals surface area (Å²) in [5.41, 5.74) is 7.08. The second-order valence-corrected chi connectivity index (χ2v) is 5.03. The normalized spacial score (nSPS) is 10.4. The van der Waals surface area contributed by atoms with Crippen LogP contribution in [0.25, 0.3) is 0 Å². The number of hydrogen-bond acceptors (Lipinski definition) is 4. The lowest BCUT2D eigenvalue weighted by molar-refractivity contribution is -0.0381. The number of ether oxygens (including phenoxy) is 2. The van der Waals surface area contributed by atoms with Crippen molar-refractivity contribution in [3.05, 3.63) is 63.6 Å². The number of hydrogen-bond donors (Lipinski definition) is 1. The number of rotatable bonds is 5. The number of esters is 1. The Labute approximate surface area is 132 Å². The molecule has 0 unspecified atom stereocenters. The number of nitrogens with two attached hydrogens (primary N) is 1. The summed E-state index contributed by atoms with van der Waals surface area (Å²) in [5.74, 6) is -0.576. The molecule has 0 spiro atoms. The van der Waals surface area contributed by atoms with E-state index in [1.54, 1.807) is 0 Å². The quantitative estimate of drug-likeness (QED) is 0.392. The van der Waals surface area contributed by atoms with Gasteiger partial charge in [0.05, 0.1) is 27.9 Å². The second-order valence-electron chi connectivity index (χ2n) is 4.24. The van der Waals surface area contributed by atoms with E-state index in [0.717, 1.165) is 5.56 Å². The molecule has 2 aromatic rings. The van der Waals surface area contributed by atoms with Crippen LogP contribution in [0.15, 0.2) is 42.5 Å². The third kappa shape index (κ3) is 4.36. The van der Waals surface area contributed by atoms with E-state index in [4.69, 9.17) is 38.4 Å². The molecule has 0 atom stereocenters. The monoisotopic (exact) mass is 325 g/mol. The molecular formula is C15H13Cl2NO3. The summed E-state index contributed by atoms with van der Waals surface area (Å²) < 4.78 is 10.2. The Kier molecular flexibility index (Phi) is 5.44. The molecular weight excluding hydrogens is 313 g/mol. The SMILES string of the molecule is Nc1cc(C(=O)OCOCc2ccccc2)cc(Cl)c1Cl. The molecule has 0 aliphatic heterocycles. The minimum Gasteiger partial charge on any atom is -0.435 e. The first-order valence-electron chi connectivity index (χ1n) is 6.11. The van der Waals surface area contributed by atoms with E-state index in [1.165, 1.54) is 12.1 Å². The van der Waals surface area contributed by atoms with E-state index in [1.807, 2.05) is 30.3 Å². The first-order valence-corrected chi connectivity index (χ1v) is 6.87. The van der Waals surface area contributed by atoms with Crippen molar-refractivity contribution in [3.8, 4) is 0 Å². The lowest BCUT2D eigenvalue weighted by Gasteiger charge is -2.08. The summed E-state index contributed by atoms with van der Waals surface area (Å²) in [5, 5.41) is 0.419. The van der Waals surface area contributed by atoms with Crippen LogP contribution >= 0.6 is 23.2 Å². The van der Waals surface area contributed by atoms with E-state index in [-0.39, 0.29) is 28.1 Å². The highest BCUT2D eigenvalue weighted by Gasteiger charge is 2.12. The van der Waals surface area contributed by atoms with Crippen LogP contribution in [0.1, 0.15) is 15.9 Å². The van der Waals surface area contributed by atoms with Gasteiger partial charge < -0.3 is 15.2 Å². The van der Waals surface area contributed by atoms with Crippen molar-refractivity contribution in [1.82, 2.24) is 0 Å². The summed E-state index contributed by atoms with van der Waals surface area (Å²) in [7, 11) is 0. The fourth-order valence-electron chi connectivity index (χ4n) is 1.64. The number of benzene rings is 2. The Balaban J connectivity index is 1.85. The molecule has 21 heavy (non-hydrogen) atoms. The zero-order valence-corrected chi connectivity index (χ0v) is 12.5. The van der Waals surface area contributed by atoms with E-state index < -0.39 is 5.97 Å². The van der Waals surface area contributed by atoms with Crippen molar-refractivity contribution in [1.29, 1.82) is 0 Å². The number of halogens is 2. The van der Waals surface area contributed by atoms with Crippen LogP contribution in [0.2, 0.25) is 10.0 Å². The molecule has 110 valence electrons. The van der Waals surface area contributed by atoms with Crippen LogP contribution in [0.5, 0.6) is 0 Å². The molecule has 0 aliphatic rings. The maximum absolute atomic E-state index is 11.8. The highest BCUT2D eigenvalue weighted by atomic mass is 35.5. The third-order valence-electron chi connectivity index (χ3n) is 2.68. The van der Waals surface area contributed by atoms with E-state index in [2.05, 4.69) is 0 Å². The van der Waals surface area contributed by atoms with Gasteiger partial charge in [0.25, 0.3) is 0 Å². The molecule has 0 heterocycles. The molecule has 0 aliphatic carbocycles. The Morgan fingerprint density at radius 1 is 1.14 bits per heavy atom. The van der Waals surface area contributed by atoms with Gasteiger partial charge in [-0.05, 0) is 17.7 Å². The first kappa shape index (κ1) is 15.6. The number of nitrogen functional groups attached to an aromatic ring is 1. The molecule has 2 rings (SSSR count). The molecule has 2 aromatic carbocycles. The van der Waals surface area contributed by atoms with Crippen LogP contribution in [-0.2, 0) is 16.1 Å². The average Bonchev–Trinajstić information content (AvgIpc) is 2.49. The zero-order valence-electron chi connectivity index (χ0n) is 11.0. The van der Waals surface area contributed by atoms with Gasteiger partial charge in [0, 0.05) is 0 Å². The van der Waals surface area contributed by atoms with E-state index >= 15 is 0 Å². The van der Waals surface area contributed by atoms with Crippen LogP contribution < -0.4 is 5.73 Å². The predicted molar refractivity (Wildman–Crippen MR) is 82.4 cm³/mol. The molecule has 2 N–H and O–H groups in total. The van der Waals surface area contributed by atoms with Crippen LogP contribution in [-0.4, -0.2) is 12.8 Å². The maximum atomic E-state index is 11.8. The van der Waals surface area contributed by atoms with Crippen LogP contribution in [0, 0.1) is 0 Å². The summed E-state index contributed by atoms with van der Waals surface area (Å²) in [4.78, 5) is 11.8. The number of carbonyl (C=O) groups excluding carboxylic acids is 1.